The second-order valence-electron chi connectivity index (χ2n) is 9.04. The second-order valence-corrected chi connectivity index (χ2v) is 9.47. The van der Waals surface area contributed by atoms with Crippen LogP contribution in [0.3, 0.4) is 0 Å². The van der Waals surface area contributed by atoms with Gasteiger partial charge in [-0.05, 0) is 29.2 Å². The molecule has 0 saturated carbocycles. The van der Waals surface area contributed by atoms with Crippen molar-refractivity contribution < 1.29 is 23.8 Å². The van der Waals surface area contributed by atoms with Crippen LogP contribution in [-0.2, 0) is 25.7 Å². The summed E-state index contributed by atoms with van der Waals surface area (Å²) in [5, 5.41) is 0.642. The number of carbonyl (C=O) groups excluding carboxylic acids is 2. The third-order valence-electron chi connectivity index (χ3n) is 5.90. The molecule has 2 aliphatic rings. The minimum Gasteiger partial charge on any atom is -0.489 e. The van der Waals surface area contributed by atoms with Crippen molar-refractivity contribution in [1.29, 1.82) is 0 Å². The summed E-state index contributed by atoms with van der Waals surface area (Å²) in [5.74, 6) is -0.478. The fraction of sp³-hybridized carbons (Fsp3) is 0.308. The van der Waals surface area contributed by atoms with E-state index in [0.717, 1.165) is 5.56 Å². The van der Waals surface area contributed by atoms with E-state index in [9.17, 15) is 9.59 Å². The van der Waals surface area contributed by atoms with Gasteiger partial charge in [-0.1, -0.05) is 55.8 Å². The molecule has 2 N–H and O–H groups in total. The lowest BCUT2D eigenvalue weighted by Crippen LogP contribution is -2.35. The third kappa shape index (κ3) is 4.62. The van der Waals surface area contributed by atoms with Gasteiger partial charge in [0.25, 0.3) is 0 Å². The molecule has 0 unspecified atom stereocenters. The molecule has 172 valence electrons. The molecule has 0 fully saturated rings. The van der Waals surface area contributed by atoms with Crippen molar-refractivity contribution in [3.05, 3.63) is 87.5 Å². The largest absolute Gasteiger partial charge is 0.489 e. The van der Waals surface area contributed by atoms with Crippen molar-refractivity contribution in [3.63, 3.8) is 0 Å². The molecule has 2 aromatic rings. The number of Topliss-reactive ketones (excluding diaryl/α,β-unsaturated/α-hetero) is 1. The Morgan fingerprint density at radius 3 is 2.55 bits per heavy atom. The number of ether oxygens (including phenoxy) is 3. The first-order chi connectivity index (χ1) is 15.7. The van der Waals surface area contributed by atoms with E-state index in [1.165, 1.54) is 7.11 Å². The van der Waals surface area contributed by atoms with Gasteiger partial charge < -0.3 is 19.9 Å². The zero-order valence-corrected chi connectivity index (χ0v) is 19.6. The molecule has 2 aromatic carbocycles. The third-order valence-corrected chi connectivity index (χ3v) is 6.15. The molecule has 0 spiro atoms. The summed E-state index contributed by atoms with van der Waals surface area (Å²) in [6.07, 6.45) is 0.876. The Hall–Kier alpha value is -3.25. The van der Waals surface area contributed by atoms with Crippen LogP contribution in [0.15, 0.2) is 71.3 Å². The number of hydrogen-bond acceptors (Lipinski definition) is 6. The van der Waals surface area contributed by atoms with Gasteiger partial charge >= 0.3 is 5.97 Å². The Kier molecular flexibility index (Phi) is 6.21. The van der Waals surface area contributed by atoms with Crippen molar-refractivity contribution >= 4 is 23.4 Å². The highest BCUT2D eigenvalue weighted by atomic mass is 35.5. The highest BCUT2D eigenvalue weighted by Crippen LogP contribution is 2.49. The predicted molar refractivity (Wildman–Crippen MR) is 124 cm³/mol. The van der Waals surface area contributed by atoms with Gasteiger partial charge in [0, 0.05) is 29.0 Å². The van der Waals surface area contributed by atoms with E-state index in [0.29, 0.717) is 40.5 Å². The maximum atomic E-state index is 13.3. The van der Waals surface area contributed by atoms with Gasteiger partial charge in [-0.25, -0.2) is 4.79 Å². The average molecular weight is 468 g/mol. The first-order valence-electron chi connectivity index (χ1n) is 10.7. The monoisotopic (exact) mass is 467 g/mol. The van der Waals surface area contributed by atoms with Gasteiger partial charge in [0.05, 0.1) is 13.0 Å². The molecule has 33 heavy (non-hydrogen) atoms. The summed E-state index contributed by atoms with van der Waals surface area (Å²) >= 11 is 5.98. The van der Waals surface area contributed by atoms with Crippen LogP contribution in [0, 0.1) is 5.41 Å². The molecule has 0 saturated heterocycles. The number of benzene rings is 2. The van der Waals surface area contributed by atoms with E-state index < -0.39 is 11.9 Å². The first-order valence-corrected chi connectivity index (χ1v) is 11.1. The second kappa shape index (κ2) is 8.94. The number of nitrogens with two attached hydrogens (primary N) is 1. The lowest BCUT2D eigenvalue weighted by molar-refractivity contribution is -0.136. The van der Waals surface area contributed by atoms with Crippen molar-refractivity contribution in [1.82, 2.24) is 0 Å². The number of rotatable bonds is 5. The topological polar surface area (TPSA) is 87.9 Å². The molecular weight excluding hydrogens is 442 g/mol. The van der Waals surface area contributed by atoms with E-state index >= 15 is 0 Å². The zero-order valence-electron chi connectivity index (χ0n) is 18.8. The number of hydrogen-bond donors (Lipinski definition) is 1. The highest BCUT2D eigenvalue weighted by Gasteiger charge is 2.45. The van der Waals surface area contributed by atoms with Gasteiger partial charge in [0.15, 0.2) is 5.78 Å². The quantitative estimate of drug-likeness (QED) is 0.621. The maximum absolute atomic E-state index is 13.3. The minimum atomic E-state index is -0.744. The maximum Gasteiger partial charge on any atom is 0.340 e. The summed E-state index contributed by atoms with van der Waals surface area (Å²) in [6.45, 7) is 4.30. The molecule has 1 atom stereocenters. The SMILES string of the molecule is COC(=O)C1=C(N)OC2=C(C(=O)CC(C)(C)C2)[C@H]1c1ccccc1OCc1ccc(Cl)cc1. The highest BCUT2D eigenvalue weighted by molar-refractivity contribution is 6.30. The Bertz CT molecular complexity index is 1160. The van der Waals surface area contributed by atoms with E-state index in [1.807, 2.05) is 50.2 Å². The summed E-state index contributed by atoms with van der Waals surface area (Å²) in [7, 11) is 1.28. The van der Waals surface area contributed by atoms with Crippen molar-refractivity contribution in [3.8, 4) is 5.75 Å². The van der Waals surface area contributed by atoms with Crippen LogP contribution in [0.1, 0.15) is 43.7 Å². The van der Waals surface area contributed by atoms with Gasteiger partial charge in [0.1, 0.15) is 23.7 Å². The number of para-hydroxylation sites is 1. The predicted octanol–water partition coefficient (Wildman–Crippen LogP) is 5.02. The van der Waals surface area contributed by atoms with Crippen LogP contribution >= 0.6 is 11.6 Å². The molecule has 1 aliphatic heterocycles. The van der Waals surface area contributed by atoms with Gasteiger partial charge in [-0.3, -0.25) is 4.79 Å². The van der Waals surface area contributed by atoms with E-state index in [1.54, 1.807) is 12.1 Å². The van der Waals surface area contributed by atoms with Crippen molar-refractivity contribution in [2.24, 2.45) is 11.1 Å². The molecule has 1 heterocycles. The minimum absolute atomic E-state index is 0.0522. The van der Waals surface area contributed by atoms with Gasteiger partial charge in [-0.2, -0.15) is 0 Å². The van der Waals surface area contributed by atoms with Crippen LogP contribution in [0.5, 0.6) is 5.75 Å². The lowest BCUT2D eigenvalue weighted by Gasteiger charge is -2.38. The van der Waals surface area contributed by atoms with E-state index in [4.69, 9.17) is 31.5 Å². The molecule has 0 radical (unpaired) electrons. The van der Waals surface area contributed by atoms with Crippen molar-refractivity contribution in [2.75, 3.05) is 7.11 Å². The molecule has 4 rings (SSSR count). The molecule has 1 aliphatic carbocycles. The number of allylic oxidation sites excluding steroid dienone is 2. The van der Waals surface area contributed by atoms with Crippen LogP contribution in [0.2, 0.25) is 5.02 Å². The number of methoxy groups -OCH3 is 1. The standard InChI is InChI=1S/C26H26ClNO5/c1-26(2)12-18(29)22-20(13-26)33-24(28)23(25(30)31-3)21(22)17-6-4-5-7-19(17)32-14-15-8-10-16(27)11-9-15/h4-11,21H,12-14,28H2,1-3H3/t21-/m1/s1. The molecule has 0 amide bonds. The fourth-order valence-electron chi connectivity index (χ4n) is 4.40. The van der Waals surface area contributed by atoms with Crippen LogP contribution < -0.4 is 10.5 Å². The fourth-order valence-corrected chi connectivity index (χ4v) is 4.52. The Morgan fingerprint density at radius 2 is 1.85 bits per heavy atom. The van der Waals surface area contributed by atoms with E-state index in [-0.39, 0.29) is 29.3 Å². The van der Waals surface area contributed by atoms with Crippen molar-refractivity contribution in [2.45, 2.75) is 39.2 Å². The number of esters is 1. The molecule has 0 aromatic heterocycles. The Labute approximate surface area is 198 Å². The molecular formula is C26H26ClNO5. The molecule has 6 nitrogen and oxygen atoms in total. The normalized spacial score (nSPS) is 19.6. The van der Waals surface area contributed by atoms with Crippen LogP contribution in [0.25, 0.3) is 0 Å². The van der Waals surface area contributed by atoms with Crippen LogP contribution in [0.4, 0.5) is 0 Å². The van der Waals surface area contributed by atoms with Gasteiger partial charge in [-0.15, -0.1) is 0 Å². The van der Waals surface area contributed by atoms with Gasteiger partial charge in [0.2, 0.25) is 5.88 Å². The summed E-state index contributed by atoms with van der Waals surface area (Å²) in [4.78, 5) is 26.1. The van der Waals surface area contributed by atoms with Crippen LogP contribution in [-0.4, -0.2) is 18.9 Å². The summed E-state index contributed by atoms with van der Waals surface area (Å²) < 4.78 is 17.0. The smallest absolute Gasteiger partial charge is 0.340 e. The molecule has 7 heteroatoms. The van der Waals surface area contributed by atoms with E-state index in [2.05, 4.69) is 0 Å². The summed E-state index contributed by atoms with van der Waals surface area (Å²) in [6, 6.07) is 14.7. The average Bonchev–Trinajstić information content (AvgIpc) is 2.76. The molecule has 0 bridgehead atoms. The lowest BCUT2D eigenvalue weighted by atomic mass is 9.70. The Balaban J connectivity index is 1.79. The number of ketones is 1. The summed E-state index contributed by atoms with van der Waals surface area (Å²) in [5.41, 5.74) is 8.06. The first kappa shape index (κ1) is 22.9. The number of carbonyl (C=O) groups is 2. The number of halogens is 1. The Morgan fingerprint density at radius 1 is 1.15 bits per heavy atom. The zero-order chi connectivity index (χ0) is 23.8.